The fourth-order valence-electron chi connectivity index (χ4n) is 5.95. The lowest BCUT2D eigenvalue weighted by atomic mass is 9.83. The van der Waals surface area contributed by atoms with Gasteiger partial charge in [-0.25, -0.2) is 0 Å². The molecule has 1 unspecified atom stereocenters. The summed E-state index contributed by atoms with van der Waals surface area (Å²) < 4.78 is 11.3. The van der Waals surface area contributed by atoms with Crippen molar-refractivity contribution in [3.8, 4) is 11.5 Å². The molecule has 1 atom stereocenters. The van der Waals surface area contributed by atoms with Crippen LogP contribution in [0.15, 0.2) is 48.0 Å². The van der Waals surface area contributed by atoms with Gasteiger partial charge in [0.1, 0.15) is 0 Å². The van der Waals surface area contributed by atoms with E-state index in [0.717, 1.165) is 43.6 Å². The third-order valence-corrected chi connectivity index (χ3v) is 7.63. The zero-order valence-electron chi connectivity index (χ0n) is 19.6. The topological polar surface area (TPSA) is 24.9 Å². The van der Waals surface area contributed by atoms with Gasteiger partial charge in [0.05, 0.1) is 20.3 Å². The Morgan fingerprint density at radius 2 is 1.53 bits per heavy atom. The first-order chi connectivity index (χ1) is 15.8. The summed E-state index contributed by atoms with van der Waals surface area (Å²) in [5.41, 5.74) is 5.63. The standard InChI is InChI=1S/C28H36N2O2/c1-31-26-19-22-18-23(17-21-9-5-3-6-10-21)28(25(22)20-27(26)32-2)30-15-13-29(14-16-30)24-11-7-4-8-12-24/h4,7-8,11-12,18-21,28H,3,5-6,9-10,13-17H2,1-2H3. The van der Waals surface area contributed by atoms with Crippen molar-refractivity contribution in [2.24, 2.45) is 5.92 Å². The minimum absolute atomic E-state index is 0.365. The average molecular weight is 433 g/mol. The first-order valence-corrected chi connectivity index (χ1v) is 12.3. The molecule has 2 aromatic carbocycles. The zero-order valence-corrected chi connectivity index (χ0v) is 19.6. The maximum absolute atomic E-state index is 5.68. The summed E-state index contributed by atoms with van der Waals surface area (Å²) in [4.78, 5) is 5.22. The van der Waals surface area contributed by atoms with Gasteiger partial charge in [-0.2, -0.15) is 0 Å². The van der Waals surface area contributed by atoms with Gasteiger partial charge in [0, 0.05) is 31.9 Å². The molecule has 2 aliphatic carbocycles. The smallest absolute Gasteiger partial charge is 0.161 e. The summed E-state index contributed by atoms with van der Waals surface area (Å²) >= 11 is 0. The first-order valence-electron chi connectivity index (χ1n) is 12.3. The van der Waals surface area contributed by atoms with E-state index in [1.54, 1.807) is 19.8 Å². The Hall–Kier alpha value is -2.46. The highest BCUT2D eigenvalue weighted by Crippen LogP contribution is 2.47. The molecule has 0 aromatic heterocycles. The van der Waals surface area contributed by atoms with Gasteiger partial charge >= 0.3 is 0 Å². The van der Waals surface area contributed by atoms with E-state index in [0.29, 0.717) is 6.04 Å². The van der Waals surface area contributed by atoms with Crippen LogP contribution in [-0.4, -0.2) is 45.3 Å². The van der Waals surface area contributed by atoms with Gasteiger partial charge in [-0.1, -0.05) is 56.4 Å². The number of anilines is 1. The van der Waals surface area contributed by atoms with Crippen molar-refractivity contribution in [2.45, 2.75) is 44.6 Å². The number of ether oxygens (including phenoxy) is 2. The Bertz CT molecular complexity index is 941. The summed E-state index contributed by atoms with van der Waals surface area (Å²) in [7, 11) is 3.47. The predicted molar refractivity (Wildman–Crippen MR) is 132 cm³/mol. The highest BCUT2D eigenvalue weighted by atomic mass is 16.5. The Balaban J connectivity index is 1.40. The lowest BCUT2D eigenvalue weighted by Crippen LogP contribution is -2.47. The number of nitrogens with zero attached hydrogens (tertiary/aromatic N) is 2. The first kappa shape index (κ1) is 21.4. The molecule has 2 fully saturated rings. The molecule has 0 radical (unpaired) electrons. The Kier molecular flexibility index (Phi) is 6.40. The van der Waals surface area contributed by atoms with E-state index in [1.165, 1.54) is 55.3 Å². The number of para-hydroxylation sites is 1. The molecular formula is C28H36N2O2. The van der Waals surface area contributed by atoms with Gasteiger partial charge in [-0.05, 0) is 53.3 Å². The van der Waals surface area contributed by atoms with Gasteiger partial charge in [0.25, 0.3) is 0 Å². The second-order valence-electron chi connectivity index (χ2n) is 9.52. The molecule has 1 aliphatic heterocycles. The third kappa shape index (κ3) is 4.25. The normalized spacial score (nSPS) is 21.9. The van der Waals surface area contributed by atoms with Crippen LogP contribution in [0, 0.1) is 5.92 Å². The maximum atomic E-state index is 5.68. The molecule has 3 aliphatic rings. The quantitative estimate of drug-likeness (QED) is 0.564. The molecule has 1 saturated carbocycles. The summed E-state index contributed by atoms with van der Waals surface area (Å²) in [6.07, 6.45) is 10.7. The maximum Gasteiger partial charge on any atom is 0.161 e. The molecule has 0 N–H and O–H groups in total. The summed E-state index contributed by atoms with van der Waals surface area (Å²) in [6, 6.07) is 15.6. The van der Waals surface area contributed by atoms with Crippen molar-refractivity contribution < 1.29 is 9.47 Å². The van der Waals surface area contributed by atoms with E-state index in [-0.39, 0.29) is 0 Å². The highest BCUT2D eigenvalue weighted by molar-refractivity contribution is 5.70. The molecule has 0 spiro atoms. The zero-order chi connectivity index (χ0) is 21.9. The third-order valence-electron chi connectivity index (χ3n) is 7.63. The molecule has 0 amide bonds. The minimum atomic E-state index is 0.365. The van der Waals surface area contributed by atoms with E-state index < -0.39 is 0 Å². The van der Waals surface area contributed by atoms with Crippen LogP contribution in [0.2, 0.25) is 0 Å². The summed E-state index contributed by atoms with van der Waals surface area (Å²) in [5.74, 6) is 2.50. The van der Waals surface area contributed by atoms with Gasteiger partial charge in [-0.15, -0.1) is 0 Å². The summed E-state index contributed by atoms with van der Waals surface area (Å²) in [5, 5.41) is 0. The van der Waals surface area contributed by atoms with E-state index in [1.807, 2.05) is 0 Å². The molecule has 4 heteroatoms. The number of hydrogen-bond donors (Lipinski definition) is 0. The second kappa shape index (κ2) is 9.58. The van der Waals surface area contributed by atoms with Gasteiger partial charge in [0.2, 0.25) is 0 Å². The second-order valence-corrected chi connectivity index (χ2v) is 9.52. The summed E-state index contributed by atoms with van der Waals surface area (Å²) in [6.45, 7) is 4.30. The predicted octanol–water partition coefficient (Wildman–Crippen LogP) is 5.93. The van der Waals surface area contributed by atoms with Gasteiger partial charge < -0.3 is 14.4 Å². The lowest BCUT2D eigenvalue weighted by molar-refractivity contribution is 0.203. The molecule has 32 heavy (non-hydrogen) atoms. The number of hydrogen-bond acceptors (Lipinski definition) is 4. The molecule has 1 saturated heterocycles. The number of methoxy groups -OCH3 is 2. The highest BCUT2D eigenvalue weighted by Gasteiger charge is 2.35. The number of fused-ring (bicyclic) bond motifs is 1. The molecule has 5 rings (SSSR count). The number of benzene rings is 2. The van der Waals surface area contributed by atoms with Gasteiger partial charge in [-0.3, -0.25) is 4.90 Å². The van der Waals surface area contributed by atoms with Crippen molar-refractivity contribution in [3.63, 3.8) is 0 Å². The van der Waals surface area contributed by atoms with Crippen molar-refractivity contribution in [1.29, 1.82) is 0 Å². The van der Waals surface area contributed by atoms with Crippen molar-refractivity contribution in [2.75, 3.05) is 45.3 Å². The molecule has 4 nitrogen and oxygen atoms in total. The van der Waals surface area contributed by atoms with Crippen LogP contribution < -0.4 is 14.4 Å². The number of rotatable bonds is 6. The Morgan fingerprint density at radius 3 is 2.22 bits per heavy atom. The van der Waals surface area contributed by atoms with Crippen LogP contribution in [0.3, 0.4) is 0 Å². The van der Waals surface area contributed by atoms with Crippen LogP contribution in [0.25, 0.3) is 6.08 Å². The monoisotopic (exact) mass is 432 g/mol. The van der Waals surface area contributed by atoms with E-state index in [9.17, 15) is 0 Å². The molecular weight excluding hydrogens is 396 g/mol. The van der Waals surface area contributed by atoms with Crippen molar-refractivity contribution >= 4 is 11.8 Å². The SMILES string of the molecule is COc1cc2c(cc1OC)C(N1CCN(c3ccccc3)CC1)C(CC1CCCCC1)=C2. The van der Waals surface area contributed by atoms with Crippen molar-refractivity contribution in [1.82, 2.24) is 4.90 Å². The van der Waals surface area contributed by atoms with E-state index in [2.05, 4.69) is 58.3 Å². The number of piperazine rings is 1. The molecule has 0 bridgehead atoms. The van der Waals surface area contributed by atoms with E-state index >= 15 is 0 Å². The van der Waals surface area contributed by atoms with E-state index in [4.69, 9.17) is 9.47 Å². The van der Waals surface area contributed by atoms with Crippen LogP contribution in [0.5, 0.6) is 11.5 Å². The molecule has 170 valence electrons. The molecule has 1 heterocycles. The largest absolute Gasteiger partial charge is 0.493 e. The lowest BCUT2D eigenvalue weighted by Gasteiger charge is -2.41. The fraction of sp³-hybridized carbons (Fsp3) is 0.500. The minimum Gasteiger partial charge on any atom is -0.493 e. The van der Waals surface area contributed by atoms with Crippen LogP contribution in [-0.2, 0) is 0 Å². The average Bonchev–Trinajstić information content (AvgIpc) is 3.20. The van der Waals surface area contributed by atoms with Crippen LogP contribution in [0.1, 0.15) is 55.7 Å². The Morgan fingerprint density at radius 1 is 0.844 bits per heavy atom. The van der Waals surface area contributed by atoms with Crippen LogP contribution in [0.4, 0.5) is 5.69 Å². The Labute approximate surface area is 192 Å². The van der Waals surface area contributed by atoms with Crippen LogP contribution >= 0.6 is 0 Å². The van der Waals surface area contributed by atoms with Crippen molar-refractivity contribution in [3.05, 3.63) is 59.2 Å². The van der Waals surface area contributed by atoms with Gasteiger partial charge in [0.15, 0.2) is 11.5 Å². The fourth-order valence-corrected chi connectivity index (χ4v) is 5.95. The molecule has 2 aromatic rings.